The molecular formula is C25H31ClN2O3. The summed E-state index contributed by atoms with van der Waals surface area (Å²) in [5.41, 5.74) is 2.08. The first-order valence-corrected chi connectivity index (χ1v) is 11.5. The first-order valence-electron chi connectivity index (χ1n) is 11.1. The quantitative estimate of drug-likeness (QED) is 0.567. The van der Waals surface area contributed by atoms with Gasteiger partial charge in [-0.05, 0) is 55.9 Å². The van der Waals surface area contributed by atoms with Gasteiger partial charge >= 0.3 is 0 Å². The average molecular weight is 443 g/mol. The van der Waals surface area contributed by atoms with Crippen LogP contribution in [0.15, 0.2) is 48.5 Å². The molecule has 2 aromatic rings. The first-order chi connectivity index (χ1) is 15.1. The molecule has 1 atom stereocenters. The Labute approximate surface area is 189 Å². The summed E-state index contributed by atoms with van der Waals surface area (Å²) in [5, 5.41) is 3.84. The number of ether oxygens (including phenoxy) is 1. The lowest BCUT2D eigenvalue weighted by Gasteiger charge is -2.22. The summed E-state index contributed by atoms with van der Waals surface area (Å²) in [7, 11) is 0. The second-order valence-electron chi connectivity index (χ2n) is 7.92. The molecule has 1 saturated heterocycles. The fourth-order valence-electron chi connectivity index (χ4n) is 3.87. The number of amides is 2. The zero-order chi connectivity index (χ0) is 22.1. The van der Waals surface area contributed by atoms with Crippen molar-refractivity contribution in [3.05, 3.63) is 64.7 Å². The van der Waals surface area contributed by atoms with Gasteiger partial charge in [-0.3, -0.25) is 9.59 Å². The Morgan fingerprint density at radius 2 is 1.81 bits per heavy atom. The largest absolute Gasteiger partial charge is 0.483 e. The van der Waals surface area contributed by atoms with Crippen LogP contribution in [0.3, 0.4) is 0 Å². The number of aryl methyl sites for hydroxylation is 1. The van der Waals surface area contributed by atoms with Crippen molar-refractivity contribution < 1.29 is 14.3 Å². The summed E-state index contributed by atoms with van der Waals surface area (Å²) in [5.74, 6) is 0.693. The van der Waals surface area contributed by atoms with Crippen LogP contribution in [0.1, 0.15) is 56.2 Å². The van der Waals surface area contributed by atoms with E-state index in [2.05, 4.69) is 5.32 Å². The van der Waals surface area contributed by atoms with E-state index in [0.29, 0.717) is 12.2 Å². The Kier molecular flexibility index (Phi) is 8.77. The van der Waals surface area contributed by atoms with Gasteiger partial charge in [-0.15, -0.1) is 0 Å². The average Bonchev–Trinajstić information content (AvgIpc) is 3.33. The van der Waals surface area contributed by atoms with Gasteiger partial charge in [0.25, 0.3) is 5.91 Å². The third-order valence-corrected chi connectivity index (χ3v) is 5.88. The number of hydrogen-bond donors (Lipinski definition) is 1. The molecule has 1 N–H and O–H groups in total. The number of hydrogen-bond acceptors (Lipinski definition) is 3. The number of carbonyl (C=O) groups excluding carboxylic acids is 2. The van der Waals surface area contributed by atoms with Crippen molar-refractivity contribution in [3.8, 4) is 5.75 Å². The maximum atomic E-state index is 12.5. The lowest BCUT2D eigenvalue weighted by molar-refractivity contribution is -0.132. The summed E-state index contributed by atoms with van der Waals surface area (Å²) in [4.78, 5) is 26.7. The molecule has 2 aromatic carbocycles. The number of nitrogens with one attached hydrogen (secondary N) is 1. The molecule has 0 spiro atoms. The third kappa shape index (κ3) is 7.00. The van der Waals surface area contributed by atoms with Gasteiger partial charge in [-0.1, -0.05) is 48.9 Å². The Morgan fingerprint density at radius 3 is 2.52 bits per heavy atom. The zero-order valence-corrected chi connectivity index (χ0v) is 18.9. The highest BCUT2D eigenvalue weighted by atomic mass is 35.5. The molecule has 0 aliphatic carbocycles. The number of para-hydroxylation sites is 1. The highest BCUT2D eigenvalue weighted by Crippen LogP contribution is 2.27. The normalized spacial score (nSPS) is 14.3. The number of nitrogens with zero attached hydrogens (tertiary/aromatic N) is 1. The first kappa shape index (κ1) is 23.1. The predicted molar refractivity (Wildman–Crippen MR) is 123 cm³/mol. The van der Waals surface area contributed by atoms with Gasteiger partial charge in [0, 0.05) is 30.1 Å². The summed E-state index contributed by atoms with van der Waals surface area (Å²) in [6.45, 7) is 3.69. The molecule has 1 fully saturated rings. The molecule has 1 unspecified atom stereocenters. The van der Waals surface area contributed by atoms with Crippen LogP contribution in [0.5, 0.6) is 5.75 Å². The number of rotatable bonds is 10. The van der Waals surface area contributed by atoms with Crippen molar-refractivity contribution in [3.63, 3.8) is 0 Å². The van der Waals surface area contributed by atoms with E-state index in [1.165, 1.54) is 5.56 Å². The Bertz CT molecular complexity index is 863. The van der Waals surface area contributed by atoms with Gasteiger partial charge in [0.2, 0.25) is 5.91 Å². The van der Waals surface area contributed by atoms with E-state index < -0.39 is 0 Å². The fourth-order valence-corrected chi connectivity index (χ4v) is 3.99. The molecule has 1 aliphatic rings. The predicted octanol–water partition coefficient (Wildman–Crippen LogP) is 4.93. The Balaban J connectivity index is 1.52. The van der Waals surface area contributed by atoms with Crippen LogP contribution in [-0.4, -0.2) is 36.4 Å². The highest BCUT2D eigenvalue weighted by Gasteiger charge is 2.20. The van der Waals surface area contributed by atoms with Crippen molar-refractivity contribution in [2.24, 2.45) is 0 Å². The summed E-state index contributed by atoms with van der Waals surface area (Å²) in [6.07, 6.45) is 4.92. The molecule has 5 nitrogen and oxygen atoms in total. The molecule has 2 amide bonds. The summed E-state index contributed by atoms with van der Waals surface area (Å²) < 4.78 is 5.87. The minimum Gasteiger partial charge on any atom is -0.483 e. The molecule has 1 aliphatic heterocycles. The van der Waals surface area contributed by atoms with Crippen molar-refractivity contribution in [1.29, 1.82) is 0 Å². The molecule has 0 aromatic heterocycles. The van der Waals surface area contributed by atoms with E-state index in [4.69, 9.17) is 16.3 Å². The van der Waals surface area contributed by atoms with Crippen molar-refractivity contribution in [2.75, 3.05) is 19.7 Å². The molecule has 31 heavy (non-hydrogen) atoms. The van der Waals surface area contributed by atoms with Gasteiger partial charge in [0.05, 0.1) is 6.04 Å². The minimum absolute atomic E-state index is 0.0174. The van der Waals surface area contributed by atoms with Gasteiger partial charge in [-0.25, -0.2) is 0 Å². The van der Waals surface area contributed by atoms with Crippen LogP contribution in [-0.2, 0) is 16.0 Å². The van der Waals surface area contributed by atoms with Crippen molar-refractivity contribution in [2.45, 2.75) is 51.5 Å². The topological polar surface area (TPSA) is 58.6 Å². The van der Waals surface area contributed by atoms with Crippen LogP contribution in [0.4, 0.5) is 0 Å². The minimum atomic E-state index is -0.152. The van der Waals surface area contributed by atoms with Gasteiger partial charge < -0.3 is 15.0 Å². The van der Waals surface area contributed by atoms with Crippen LogP contribution in [0.25, 0.3) is 0 Å². The second kappa shape index (κ2) is 11.8. The van der Waals surface area contributed by atoms with Gasteiger partial charge in [-0.2, -0.15) is 0 Å². The monoisotopic (exact) mass is 442 g/mol. The van der Waals surface area contributed by atoms with Crippen LogP contribution < -0.4 is 10.1 Å². The van der Waals surface area contributed by atoms with Crippen LogP contribution in [0.2, 0.25) is 5.02 Å². The van der Waals surface area contributed by atoms with E-state index in [0.717, 1.165) is 55.8 Å². The van der Waals surface area contributed by atoms with E-state index in [1.807, 2.05) is 60.4 Å². The highest BCUT2D eigenvalue weighted by molar-refractivity contribution is 6.30. The van der Waals surface area contributed by atoms with Crippen molar-refractivity contribution >= 4 is 23.4 Å². The number of carbonyl (C=O) groups is 2. The SMILES string of the molecule is CCC(NC(=O)CCCc1ccc(Cl)cc1)c1ccccc1OCC(=O)N1CCCC1. The van der Waals surface area contributed by atoms with Crippen LogP contribution in [0, 0.1) is 0 Å². The van der Waals surface area contributed by atoms with E-state index in [9.17, 15) is 9.59 Å². The maximum absolute atomic E-state index is 12.5. The molecule has 1 heterocycles. The smallest absolute Gasteiger partial charge is 0.260 e. The number of halogens is 1. The van der Waals surface area contributed by atoms with Crippen molar-refractivity contribution in [1.82, 2.24) is 10.2 Å². The summed E-state index contributed by atoms with van der Waals surface area (Å²) >= 11 is 5.92. The van der Waals surface area contributed by atoms with Gasteiger partial charge in [0.15, 0.2) is 6.61 Å². The van der Waals surface area contributed by atoms with E-state index in [-0.39, 0.29) is 24.5 Å². The molecule has 0 radical (unpaired) electrons. The standard InChI is InChI=1S/C25H31ClN2O3/c1-2-22(27-24(29)11-7-8-19-12-14-20(26)15-13-19)21-9-3-4-10-23(21)31-18-25(30)28-16-5-6-17-28/h3-4,9-10,12-15,22H,2,5-8,11,16-18H2,1H3,(H,27,29). The Morgan fingerprint density at radius 1 is 1.10 bits per heavy atom. The molecule has 3 rings (SSSR count). The number of benzene rings is 2. The molecule has 6 heteroatoms. The summed E-state index contributed by atoms with van der Waals surface area (Å²) in [6, 6.07) is 15.2. The lowest BCUT2D eigenvalue weighted by atomic mass is 10.0. The maximum Gasteiger partial charge on any atom is 0.260 e. The molecular weight excluding hydrogens is 412 g/mol. The molecule has 166 valence electrons. The molecule has 0 bridgehead atoms. The lowest BCUT2D eigenvalue weighted by Crippen LogP contribution is -2.32. The van der Waals surface area contributed by atoms with Crippen LogP contribution >= 0.6 is 11.6 Å². The Hall–Kier alpha value is -2.53. The van der Waals surface area contributed by atoms with E-state index >= 15 is 0 Å². The zero-order valence-electron chi connectivity index (χ0n) is 18.1. The second-order valence-corrected chi connectivity index (χ2v) is 8.36. The third-order valence-electron chi connectivity index (χ3n) is 5.63. The molecule has 0 saturated carbocycles. The van der Waals surface area contributed by atoms with Gasteiger partial charge in [0.1, 0.15) is 5.75 Å². The fraction of sp³-hybridized carbons (Fsp3) is 0.440. The van der Waals surface area contributed by atoms with E-state index in [1.54, 1.807) is 0 Å². The number of likely N-dealkylation sites (tertiary alicyclic amines) is 1.